The Hall–Kier alpha value is -1.05. The molecule has 0 radical (unpaired) electrons. The van der Waals surface area contributed by atoms with Crippen LogP contribution in [0.2, 0.25) is 0 Å². The van der Waals surface area contributed by atoms with Crippen molar-refractivity contribution in [3.8, 4) is 0 Å². The van der Waals surface area contributed by atoms with Crippen molar-refractivity contribution < 1.29 is 9.90 Å². The van der Waals surface area contributed by atoms with Crippen LogP contribution in [-0.2, 0) is 4.79 Å². The van der Waals surface area contributed by atoms with Crippen molar-refractivity contribution in [3.63, 3.8) is 0 Å². The van der Waals surface area contributed by atoms with Gasteiger partial charge < -0.3 is 5.11 Å². The van der Waals surface area contributed by atoms with Crippen LogP contribution in [0.4, 0.5) is 0 Å². The number of allylic oxidation sites excluding steroid dienone is 2. The second-order valence-corrected chi connectivity index (χ2v) is 6.24. The second-order valence-electron chi connectivity index (χ2n) is 6.24. The smallest absolute Gasteiger partial charge is 0.330 e. The fraction of sp³-hybridized carbons (Fsp3) is 0.750. The lowest BCUT2D eigenvalue weighted by atomic mass is 10.0. The molecule has 2 nitrogen and oxygen atoms in total. The summed E-state index contributed by atoms with van der Waals surface area (Å²) in [7, 11) is 0. The number of hydrogen-bond acceptors (Lipinski definition) is 1. The molecular formula is C20H36O2. The van der Waals surface area contributed by atoms with E-state index in [1.54, 1.807) is 0 Å². The number of carboxylic acids is 1. The van der Waals surface area contributed by atoms with Crippen molar-refractivity contribution in [1.29, 1.82) is 0 Å². The highest BCUT2D eigenvalue weighted by Gasteiger charge is 2.02. The number of aliphatic carboxylic acids is 1. The largest absolute Gasteiger partial charge is 0.478 e. The van der Waals surface area contributed by atoms with Gasteiger partial charge in [-0.05, 0) is 38.5 Å². The number of unbranched alkanes of at least 4 members (excludes halogenated alkanes) is 11. The molecule has 0 unspecified atom stereocenters. The van der Waals surface area contributed by atoms with E-state index in [0.717, 1.165) is 12.8 Å². The van der Waals surface area contributed by atoms with Gasteiger partial charge in [0.25, 0.3) is 0 Å². The first-order valence-corrected chi connectivity index (χ1v) is 9.24. The van der Waals surface area contributed by atoms with Crippen molar-refractivity contribution >= 4 is 5.97 Å². The molecule has 0 aliphatic carbocycles. The molecule has 0 saturated carbocycles. The zero-order valence-electron chi connectivity index (χ0n) is 14.6. The van der Waals surface area contributed by atoms with Gasteiger partial charge in [0.1, 0.15) is 0 Å². The van der Waals surface area contributed by atoms with Crippen molar-refractivity contribution in [2.45, 2.75) is 96.8 Å². The number of carboxylic acid groups (broad SMARTS) is 1. The van der Waals surface area contributed by atoms with E-state index in [0.29, 0.717) is 12.0 Å². The summed E-state index contributed by atoms with van der Waals surface area (Å²) in [5, 5.41) is 8.69. The van der Waals surface area contributed by atoms with E-state index < -0.39 is 5.97 Å². The van der Waals surface area contributed by atoms with Crippen molar-refractivity contribution in [2.24, 2.45) is 0 Å². The van der Waals surface area contributed by atoms with Crippen LogP contribution in [0.5, 0.6) is 0 Å². The molecule has 0 aromatic rings. The van der Waals surface area contributed by atoms with Crippen LogP contribution in [0.1, 0.15) is 96.8 Å². The zero-order chi connectivity index (χ0) is 16.5. The van der Waals surface area contributed by atoms with E-state index in [4.69, 9.17) is 5.11 Å². The number of hydrogen-bond donors (Lipinski definition) is 1. The molecule has 0 amide bonds. The van der Waals surface area contributed by atoms with E-state index in [9.17, 15) is 4.79 Å². The minimum Gasteiger partial charge on any atom is -0.478 e. The highest BCUT2D eigenvalue weighted by Crippen LogP contribution is 2.12. The van der Waals surface area contributed by atoms with E-state index in [1.807, 2.05) is 0 Å². The Morgan fingerprint density at radius 2 is 1.27 bits per heavy atom. The summed E-state index contributed by atoms with van der Waals surface area (Å²) in [6.45, 7) is 5.80. The third kappa shape index (κ3) is 15.3. The number of rotatable bonds is 16. The van der Waals surface area contributed by atoms with E-state index >= 15 is 0 Å². The van der Waals surface area contributed by atoms with Crippen LogP contribution >= 0.6 is 0 Å². The van der Waals surface area contributed by atoms with Crippen LogP contribution in [0.3, 0.4) is 0 Å². The first-order valence-electron chi connectivity index (χ1n) is 9.24. The maximum atomic E-state index is 10.6. The van der Waals surface area contributed by atoms with Crippen molar-refractivity contribution in [2.75, 3.05) is 0 Å². The van der Waals surface area contributed by atoms with Crippen LogP contribution in [0.25, 0.3) is 0 Å². The van der Waals surface area contributed by atoms with Gasteiger partial charge in [0.2, 0.25) is 0 Å². The SMILES string of the molecule is C=C(CCCCCCCCCC=CCCCCCC)C(=O)O. The molecule has 0 atom stereocenters. The fourth-order valence-corrected chi connectivity index (χ4v) is 2.52. The molecule has 0 aromatic heterocycles. The average molecular weight is 309 g/mol. The maximum Gasteiger partial charge on any atom is 0.330 e. The highest BCUT2D eigenvalue weighted by molar-refractivity contribution is 5.85. The monoisotopic (exact) mass is 308 g/mol. The van der Waals surface area contributed by atoms with Crippen LogP contribution in [0.15, 0.2) is 24.3 Å². The molecule has 22 heavy (non-hydrogen) atoms. The van der Waals surface area contributed by atoms with Gasteiger partial charge in [-0.1, -0.05) is 77.0 Å². The Bertz CT molecular complexity index is 305. The summed E-state index contributed by atoms with van der Waals surface area (Å²) >= 11 is 0. The van der Waals surface area contributed by atoms with Gasteiger partial charge in [-0.25, -0.2) is 4.79 Å². The van der Waals surface area contributed by atoms with Crippen molar-refractivity contribution in [3.05, 3.63) is 24.3 Å². The molecular weight excluding hydrogens is 272 g/mol. The van der Waals surface area contributed by atoms with Gasteiger partial charge in [-0.15, -0.1) is 0 Å². The molecule has 0 saturated heterocycles. The predicted molar refractivity (Wildman–Crippen MR) is 96.2 cm³/mol. The normalized spacial score (nSPS) is 11.1. The van der Waals surface area contributed by atoms with E-state index in [-0.39, 0.29) is 0 Å². The molecule has 0 aromatic carbocycles. The topological polar surface area (TPSA) is 37.3 Å². The van der Waals surface area contributed by atoms with E-state index in [1.165, 1.54) is 70.6 Å². The Morgan fingerprint density at radius 1 is 0.818 bits per heavy atom. The molecule has 128 valence electrons. The molecule has 0 bridgehead atoms. The van der Waals surface area contributed by atoms with E-state index in [2.05, 4.69) is 25.7 Å². The molecule has 0 heterocycles. The third-order valence-electron chi connectivity index (χ3n) is 4.04. The molecule has 1 N–H and O–H groups in total. The fourth-order valence-electron chi connectivity index (χ4n) is 2.52. The maximum absolute atomic E-state index is 10.6. The van der Waals surface area contributed by atoms with Crippen LogP contribution in [-0.4, -0.2) is 11.1 Å². The first kappa shape index (κ1) is 20.9. The van der Waals surface area contributed by atoms with Gasteiger partial charge in [0.15, 0.2) is 0 Å². The highest BCUT2D eigenvalue weighted by atomic mass is 16.4. The molecule has 0 aliphatic rings. The summed E-state index contributed by atoms with van der Waals surface area (Å²) < 4.78 is 0. The van der Waals surface area contributed by atoms with Gasteiger partial charge in [-0.3, -0.25) is 0 Å². The summed E-state index contributed by atoms with van der Waals surface area (Å²) in [6.07, 6.45) is 21.8. The Balaban J connectivity index is 3.15. The quantitative estimate of drug-likeness (QED) is 0.196. The lowest BCUT2D eigenvalue weighted by molar-refractivity contribution is -0.132. The molecule has 2 heteroatoms. The average Bonchev–Trinajstić information content (AvgIpc) is 2.50. The first-order chi connectivity index (χ1) is 10.7. The van der Waals surface area contributed by atoms with Crippen LogP contribution < -0.4 is 0 Å². The minimum absolute atomic E-state index is 0.349. The molecule has 0 spiro atoms. The third-order valence-corrected chi connectivity index (χ3v) is 4.04. The minimum atomic E-state index is -0.849. The summed E-state index contributed by atoms with van der Waals surface area (Å²) in [5.74, 6) is -0.849. The predicted octanol–water partition coefficient (Wildman–Crippen LogP) is 6.66. The van der Waals surface area contributed by atoms with Gasteiger partial charge in [-0.2, -0.15) is 0 Å². The zero-order valence-corrected chi connectivity index (χ0v) is 14.6. The van der Waals surface area contributed by atoms with Crippen LogP contribution in [0, 0.1) is 0 Å². The van der Waals surface area contributed by atoms with Crippen molar-refractivity contribution in [1.82, 2.24) is 0 Å². The van der Waals surface area contributed by atoms with Gasteiger partial charge >= 0.3 is 5.97 Å². The molecule has 0 fully saturated rings. The van der Waals surface area contributed by atoms with Gasteiger partial charge in [0, 0.05) is 5.57 Å². The summed E-state index contributed by atoms with van der Waals surface area (Å²) in [4.78, 5) is 10.6. The summed E-state index contributed by atoms with van der Waals surface area (Å²) in [5.41, 5.74) is 0.349. The molecule has 0 rings (SSSR count). The second kappa shape index (κ2) is 16.3. The molecule has 0 aliphatic heterocycles. The number of carbonyl (C=O) groups is 1. The lowest BCUT2D eigenvalue weighted by Gasteiger charge is -2.02. The van der Waals surface area contributed by atoms with Gasteiger partial charge in [0.05, 0.1) is 0 Å². The summed E-state index contributed by atoms with van der Waals surface area (Å²) in [6, 6.07) is 0. The Labute approximate surface area is 137 Å². The Kier molecular flexibility index (Phi) is 15.5. The Morgan fingerprint density at radius 3 is 1.77 bits per heavy atom. The standard InChI is InChI=1S/C20H36O2/c1-3-4-5-6-7-8-9-10-11-12-13-14-15-16-17-18-19(2)20(21)22/h8-9H,2-7,10-18H2,1H3,(H,21,22). The lowest BCUT2D eigenvalue weighted by Crippen LogP contribution is -1.98.